The fourth-order valence-corrected chi connectivity index (χ4v) is 3.11. The third-order valence-corrected chi connectivity index (χ3v) is 5.00. The van der Waals surface area contributed by atoms with Gasteiger partial charge in [0.2, 0.25) is 5.91 Å². The zero-order chi connectivity index (χ0) is 17.8. The Morgan fingerprint density at radius 1 is 1.16 bits per heavy atom. The van der Waals surface area contributed by atoms with Crippen molar-refractivity contribution in [1.82, 2.24) is 19.7 Å². The molecule has 128 valence electrons. The van der Waals surface area contributed by atoms with Gasteiger partial charge in [0, 0.05) is 30.7 Å². The van der Waals surface area contributed by atoms with Gasteiger partial charge in [0.05, 0.1) is 5.75 Å². The van der Waals surface area contributed by atoms with Crippen LogP contribution in [0.4, 0.5) is 5.69 Å². The largest absolute Gasteiger partial charge is 0.325 e. The summed E-state index contributed by atoms with van der Waals surface area (Å²) < 4.78 is 1.88. The molecular weight excluding hydrogens is 334 g/mol. The summed E-state index contributed by atoms with van der Waals surface area (Å²) in [5.74, 6) is 0.961. The molecular formula is C18H19N5OS. The van der Waals surface area contributed by atoms with Gasteiger partial charge in [0.25, 0.3) is 0 Å². The number of nitrogens with zero attached hydrogens (tertiary/aromatic N) is 4. The molecule has 0 saturated carbocycles. The van der Waals surface area contributed by atoms with Crippen molar-refractivity contribution >= 4 is 23.4 Å². The second-order valence-electron chi connectivity index (χ2n) is 5.69. The van der Waals surface area contributed by atoms with E-state index in [0.29, 0.717) is 5.16 Å². The van der Waals surface area contributed by atoms with E-state index >= 15 is 0 Å². The predicted molar refractivity (Wildman–Crippen MR) is 99.5 cm³/mol. The van der Waals surface area contributed by atoms with E-state index < -0.39 is 0 Å². The zero-order valence-electron chi connectivity index (χ0n) is 14.4. The van der Waals surface area contributed by atoms with Crippen LogP contribution in [0.2, 0.25) is 0 Å². The monoisotopic (exact) mass is 353 g/mol. The molecule has 0 radical (unpaired) electrons. The van der Waals surface area contributed by atoms with Gasteiger partial charge in [-0.3, -0.25) is 9.78 Å². The maximum absolute atomic E-state index is 12.2. The van der Waals surface area contributed by atoms with Crippen LogP contribution in [0, 0.1) is 13.8 Å². The molecule has 0 unspecified atom stereocenters. The third-order valence-electron chi connectivity index (χ3n) is 3.98. The van der Waals surface area contributed by atoms with Crippen molar-refractivity contribution in [3.05, 3.63) is 53.9 Å². The van der Waals surface area contributed by atoms with E-state index in [4.69, 9.17) is 0 Å². The summed E-state index contributed by atoms with van der Waals surface area (Å²) in [5.41, 5.74) is 4.03. The molecule has 3 aromatic rings. The van der Waals surface area contributed by atoms with Crippen LogP contribution in [-0.4, -0.2) is 31.4 Å². The minimum Gasteiger partial charge on any atom is -0.325 e. The maximum Gasteiger partial charge on any atom is 0.234 e. The number of rotatable bonds is 5. The quantitative estimate of drug-likeness (QED) is 0.713. The van der Waals surface area contributed by atoms with Crippen LogP contribution in [0.5, 0.6) is 0 Å². The number of nitrogens with one attached hydrogen (secondary N) is 1. The van der Waals surface area contributed by atoms with Gasteiger partial charge < -0.3 is 9.88 Å². The number of amides is 1. The van der Waals surface area contributed by atoms with Crippen LogP contribution in [0.3, 0.4) is 0 Å². The van der Waals surface area contributed by atoms with Crippen molar-refractivity contribution in [3.63, 3.8) is 0 Å². The van der Waals surface area contributed by atoms with Crippen LogP contribution in [-0.2, 0) is 11.8 Å². The average Bonchev–Trinajstić information content (AvgIpc) is 2.99. The van der Waals surface area contributed by atoms with Crippen LogP contribution in [0.25, 0.3) is 11.4 Å². The third kappa shape index (κ3) is 3.88. The molecule has 0 saturated heterocycles. The maximum atomic E-state index is 12.2. The van der Waals surface area contributed by atoms with Crippen LogP contribution in [0.1, 0.15) is 11.1 Å². The van der Waals surface area contributed by atoms with Gasteiger partial charge in [-0.25, -0.2) is 0 Å². The van der Waals surface area contributed by atoms with E-state index in [-0.39, 0.29) is 11.7 Å². The van der Waals surface area contributed by atoms with E-state index in [2.05, 4.69) is 20.5 Å². The molecule has 1 N–H and O–H groups in total. The molecule has 0 atom stereocenters. The van der Waals surface area contributed by atoms with E-state index in [9.17, 15) is 4.79 Å². The van der Waals surface area contributed by atoms with Gasteiger partial charge >= 0.3 is 0 Å². The first-order chi connectivity index (χ1) is 12.1. The summed E-state index contributed by atoms with van der Waals surface area (Å²) in [6, 6.07) is 9.64. The first-order valence-electron chi connectivity index (χ1n) is 7.85. The highest BCUT2D eigenvalue weighted by Gasteiger charge is 2.13. The molecule has 2 aromatic heterocycles. The molecule has 0 aliphatic heterocycles. The Balaban J connectivity index is 1.65. The molecule has 0 aliphatic rings. The molecule has 3 rings (SSSR count). The Labute approximate surface area is 150 Å². The highest BCUT2D eigenvalue weighted by Crippen LogP contribution is 2.23. The van der Waals surface area contributed by atoms with Gasteiger partial charge in [-0.1, -0.05) is 23.9 Å². The van der Waals surface area contributed by atoms with E-state index in [1.165, 1.54) is 11.8 Å². The number of aryl methyl sites for hydroxylation is 1. The van der Waals surface area contributed by atoms with Gasteiger partial charge in [-0.2, -0.15) is 0 Å². The number of carbonyl (C=O) groups is 1. The van der Waals surface area contributed by atoms with Crippen molar-refractivity contribution in [2.75, 3.05) is 11.1 Å². The second-order valence-corrected chi connectivity index (χ2v) is 6.63. The molecule has 0 bridgehead atoms. The van der Waals surface area contributed by atoms with Crippen molar-refractivity contribution in [1.29, 1.82) is 0 Å². The molecule has 0 aliphatic carbocycles. The summed E-state index contributed by atoms with van der Waals surface area (Å²) in [6.45, 7) is 4.03. The average molecular weight is 353 g/mol. The molecule has 1 aromatic carbocycles. The molecule has 0 fully saturated rings. The lowest BCUT2D eigenvalue weighted by Crippen LogP contribution is -2.15. The fourth-order valence-electron chi connectivity index (χ4n) is 2.40. The highest BCUT2D eigenvalue weighted by atomic mass is 32.2. The molecule has 0 spiro atoms. The standard InChI is InChI=1S/C18H19N5OS/c1-12-5-4-6-15(13(12)2)20-16(24)11-25-18-22-21-17(23(18)3)14-7-9-19-10-8-14/h4-10H,11H2,1-3H3,(H,20,24). The number of hydrogen-bond donors (Lipinski definition) is 1. The second kappa shape index (κ2) is 7.48. The Kier molecular flexibility index (Phi) is 5.14. The van der Waals surface area contributed by atoms with Gasteiger partial charge in [-0.15, -0.1) is 10.2 Å². The van der Waals surface area contributed by atoms with Gasteiger partial charge in [0.15, 0.2) is 11.0 Å². The van der Waals surface area contributed by atoms with Gasteiger partial charge in [0.1, 0.15) is 0 Å². The van der Waals surface area contributed by atoms with Crippen molar-refractivity contribution in [2.24, 2.45) is 7.05 Å². The van der Waals surface area contributed by atoms with Crippen molar-refractivity contribution in [3.8, 4) is 11.4 Å². The molecule has 1 amide bonds. The topological polar surface area (TPSA) is 72.7 Å². The number of pyridine rings is 1. The van der Waals surface area contributed by atoms with E-state index in [1.54, 1.807) is 12.4 Å². The number of carbonyl (C=O) groups excluding carboxylic acids is 1. The summed E-state index contributed by atoms with van der Waals surface area (Å²) in [6.07, 6.45) is 3.43. The predicted octanol–water partition coefficient (Wildman–Crippen LogP) is 3.22. The van der Waals surface area contributed by atoms with Crippen LogP contribution >= 0.6 is 11.8 Å². The van der Waals surface area contributed by atoms with Gasteiger partial charge in [-0.05, 0) is 43.2 Å². The molecule has 25 heavy (non-hydrogen) atoms. The van der Waals surface area contributed by atoms with Crippen molar-refractivity contribution in [2.45, 2.75) is 19.0 Å². The summed E-state index contributed by atoms with van der Waals surface area (Å²) in [7, 11) is 1.89. The number of hydrogen-bond acceptors (Lipinski definition) is 5. The SMILES string of the molecule is Cc1cccc(NC(=O)CSc2nnc(-c3ccncc3)n2C)c1C. The Morgan fingerprint density at radius 3 is 2.68 bits per heavy atom. The minimum atomic E-state index is -0.0628. The smallest absolute Gasteiger partial charge is 0.234 e. The lowest BCUT2D eigenvalue weighted by molar-refractivity contribution is -0.113. The Bertz CT molecular complexity index is 892. The van der Waals surface area contributed by atoms with E-state index in [0.717, 1.165) is 28.2 Å². The summed E-state index contributed by atoms with van der Waals surface area (Å²) in [5, 5.41) is 12.0. The number of aromatic nitrogens is 4. The first kappa shape index (κ1) is 17.2. The summed E-state index contributed by atoms with van der Waals surface area (Å²) >= 11 is 1.36. The molecule has 2 heterocycles. The van der Waals surface area contributed by atoms with E-state index in [1.807, 2.05) is 55.8 Å². The van der Waals surface area contributed by atoms with Crippen LogP contribution in [0.15, 0.2) is 47.9 Å². The lowest BCUT2D eigenvalue weighted by atomic mass is 10.1. The number of anilines is 1. The molecule has 6 nitrogen and oxygen atoms in total. The number of thioether (sulfide) groups is 1. The lowest BCUT2D eigenvalue weighted by Gasteiger charge is -2.10. The van der Waals surface area contributed by atoms with Crippen LogP contribution < -0.4 is 5.32 Å². The minimum absolute atomic E-state index is 0.0628. The molecule has 7 heteroatoms. The number of benzene rings is 1. The first-order valence-corrected chi connectivity index (χ1v) is 8.83. The normalized spacial score (nSPS) is 10.7. The fraction of sp³-hybridized carbons (Fsp3) is 0.222. The Morgan fingerprint density at radius 2 is 1.92 bits per heavy atom. The Hall–Kier alpha value is -2.67. The summed E-state index contributed by atoms with van der Waals surface area (Å²) in [4.78, 5) is 16.2. The van der Waals surface area contributed by atoms with Crippen molar-refractivity contribution < 1.29 is 4.79 Å². The zero-order valence-corrected chi connectivity index (χ0v) is 15.2. The highest BCUT2D eigenvalue weighted by molar-refractivity contribution is 7.99.